The molecule has 3 amide bonds. The molecule has 1 saturated heterocycles. The normalized spacial score (nSPS) is 16.1. The number of likely N-dealkylation sites (tertiary alicyclic amines) is 1. The van der Waals surface area contributed by atoms with E-state index in [1.54, 1.807) is 4.90 Å². The van der Waals surface area contributed by atoms with E-state index in [9.17, 15) is 24.0 Å². The van der Waals surface area contributed by atoms with Gasteiger partial charge in [0.25, 0.3) is 11.8 Å². The van der Waals surface area contributed by atoms with Crippen molar-refractivity contribution in [2.75, 3.05) is 19.6 Å². The van der Waals surface area contributed by atoms with Gasteiger partial charge in [-0.25, -0.2) is 24.2 Å². The average molecular weight is 556 g/mol. The Morgan fingerprint density at radius 1 is 1.05 bits per heavy atom. The third-order valence-electron chi connectivity index (χ3n) is 6.81. The fraction of sp³-hybridized carbons (Fsp3) is 0.552. The largest absolute Gasteiger partial charge is 0.444 e. The van der Waals surface area contributed by atoms with Crippen molar-refractivity contribution in [3.05, 3.63) is 47.5 Å². The highest BCUT2D eigenvalue weighted by molar-refractivity contribution is 5.95. The van der Waals surface area contributed by atoms with E-state index in [0.717, 1.165) is 18.9 Å². The number of benzene rings is 1. The molecule has 0 bridgehead atoms. The van der Waals surface area contributed by atoms with Crippen molar-refractivity contribution >= 4 is 17.9 Å². The fourth-order valence-corrected chi connectivity index (χ4v) is 4.77. The first-order valence-corrected chi connectivity index (χ1v) is 13.8. The Balaban J connectivity index is 1.42. The van der Waals surface area contributed by atoms with Crippen molar-refractivity contribution in [3.63, 3.8) is 0 Å². The number of hydrogen-bond donors (Lipinski definition) is 1. The SMILES string of the molecule is CC(C)CN(O)C(=O)c1ccc(-c2ncc(C(=O)N(C3CC3)C3CCN(C(=O)OC(C)(C)C)CC3)cn2)cc1F. The molecule has 0 unspecified atom stereocenters. The Kier molecular flexibility index (Phi) is 8.72. The Hall–Kier alpha value is -3.60. The second kappa shape index (κ2) is 11.9. The van der Waals surface area contributed by atoms with Crippen LogP contribution in [0.4, 0.5) is 9.18 Å². The van der Waals surface area contributed by atoms with Gasteiger partial charge in [0.15, 0.2) is 5.82 Å². The van der Waals surface area contributed by atoms with Crippen LogP contribution in [0.5, 0.6) is 0 Å². The first-order valence-electron chi connectivity index (χ1n) is 13.8. The van der Waals surface area contributed by atoms with Crippen LogP contribution >= 0.6 is 0 Å². The van der Waals surface area contributed by atoms with Gasteiger partial charge in [-0.2, -0.15) is 0 Å². The van der Waals surface area contributed by atoms with E-state index in [0.29, 0.717) is 42.1 Å². The third-order valence-corrected chi connectivity index (χ3v) is 6.81. The zero-order chi connectivity index (χ0) is 29.2. The monoisotopic (exact) mass is 555 g/mol. The van der Waals surface area contributed by atoms with E-state index in [1.807, 2.05) is 39.5 Å². The molecule has 0 atom stereocenters. The summed E-state index contributed by atoms with van der Waals surface area (Å²) >= 11 is 0. The predicted molar refractivity (Wildman–Crippen MR) is 145 cm³/mol. The van der Waals surface area contributed by atoms with Crippen LogP contribution in [0.3, 0.4) is 0 Å². The van der Waals surface area contributed by atoms with Crippen molar-refractivity contribution in [1.82, 2.24) is 24.8 Å². The highest BCUT2D eigenvalue weighted by Crippen LogP contribution is 2.33. The molecule has 2 aromatic rings. The molecule has 4 rings (SSSR count). The van der Waals surface area contributed by atoms with Crippen molar-refractivity contribution in [1.29, 1.82) is 0 Å². The molecule has 2 aliphatic rings. The molecule has 1 aliphatic heterocycles. The molecular formula is C29H38FN5O5. The quantitative estimate of drug-likeness (QED) is 0.386. The minimum atomic E-state index is -0.822. The van der Waals surface area contributed by atoms with Gasteiger partial charge < -0.3 is 14.5 Å². The maximum Gasteiger partial charge on any atom is 0.410 e. The lowest BCUT2D eigenvalue weighted by atomic mass is 10.0. The van der Waals surface area contributed by atoms with E-state index in [-0.39, 0.29) is 47.9 Å². The lowest BCUT2D eigenvalue weighted by Crippen LogP contribution is -2.50. The number of halogens is 1. The summed E-state index contributed by atoms with van der Waals surface area (Å²) in [5, 5.41) is 10.4. The van der Waals surface area contributed by atoms with Crippen molar-refractivity contribution in [2.45, 2.75) is 78.0 Å². The van der Waals surface area contributed by atoms with Gasteiger partial charge in [-0.15, -0.1) is 0 Å². The first-order chi connectivity index (χ1) is 18.8. The maximum atomic E-state index is 14.8. The predicted octanol–water partition coefficient (Wildman–Crippen LogP) is 4.77. The summed E-state index contributed by atoms with van der Waals surface area (Å²) in [5.74, 6) is -1.55. The number of rotatable bonds is 7. The summed E-state index contributed by atoms with van der Waals surface area (Å²) in [6.07, 6.45) is 5.72. The van der Waals surface area contributed by atoms with E-state index in [1.165, 1.54) is 24.5 Å². The lowest BCUT2D eigenvalue weighted by Gasteiger charge is -2.39. The molecule has 0 spiro atoms. The number of nitrogens with zero attached hydrogens (tertiary/aromatic N) is 5. The van der Waals surface area contributed by atoms with Gasteiger partial charge in [0.2, 0.25) is 0 Å². The molecule has 1 saturated carbocycles. The second-order valence-corrected chi connectivity index (χ2v) is 11.9. The molecule has 1 aromatic heterocycles. The molecule has 1 aliphatic carbocycles. The van der Waals surface area contributed by atoms with Crippen molar-refractivity contribution in [2.24, 2.45) is 5.92 Å². The van der Waals surface area contributed by atoms with Crippen LogP contribution in [0, 0.1) is 11.7 Å². The lowest BCUT2D eigenvalue weighted by molar-refractivity contribution is -0.0650. The molecule has 216 valence electrons. The van der Waals surface area contributed by atoms with Gasteiger partial charge in [0.05, 0.1) is 17.7 Å². The Morgan fingerprint density at radius 2 is 1.65 bits per heavy atom. The van der Waals surface area contributed by atoms with Gasteiger partial charge in [-0.3, -0.25) is 14.8 Å². The Morgan fingerprint density at radius 3 is 2.17 bits per heavy atom. The van der Waals surface area contributed by atoms with Crippen LogP contribution in [-0.4, -0.2) is 85.3 Å². The van der Waals surface area contributed by atoms with E-state index >= 15 is 0 Å². The summed E-state index contributed by atoms with van der Waals surface area (Å²) in [5.41, 5.74) is -0.136. The summed E-state index contributed by atoms with van der Waals surface area (Å²) in [6.45, 7) is 10.3. The number of amides is 3. The summed E-state index contributed by atoms with van der Waals surface area (Å²) < 4.78 is 20.2. The summed E-state index contributed by atoms with van der Waals surface area (Å²) in [4.78, 5) is 50.5. The van der Waals surface area contributed by atoms with Crippen LogP contribution in [0.1, 0.15) is 81.0 Å². The van der Waals surface area contributed by atoms with E-state index in [4.69, 9.17) is 4.74 Å². The minimum absolute atomic E-state index is 0.000623. The molecule has 1 N–H and O–H groups in total. The standard InChI is InChI=1S/C29H38FN5O5/c1-18(2)17-34(39)27(37)23-9-6-19(14-24(23)30)25-31-15-20(16-32-25)26(36)35(21-7-8-21)22-10-12-33(13-11-22)28(38)40-29(3,4)5/h6,9,14-16,18,21-22,39H,7-8,10-13,17H2,1-5H3. The summed E-state index contributed by atoms with van der Waals surface area (Å²) in [7, 11) is 0. The number of carbonyl (C=O) groups is 3. The number of carbonyl (C=O) groups excluding carboxylic acids is 3. The molecule has 11 heteroatoms. The number of aromatic nitrogens is 2. The topological polar surface area (TPSA) is 116 Å². The first kappa shape index (κ1) is 29.4. The fourth-order valence-electron chi connectivity index (χ4n) is 4.77. The van der Waals surface area contributed by atoms with Crippen LogP contribution < -0.4 is 0 Å². The molecule has 0 radical (unpaired) electrons. The molecular weight excluding hydrogens is 517 g/mol. The zero-order valence-electron chi connectivity index (χ0n) is 23.8. The number of hydroxylamine groups is 2. The maximum absolute atomic E-state index is 14.8. The highest BCUT2D eigenvalue weighted by atomic mass is 19.1. The average Bonchev–Trinajstić information content (AvgIpc) is 3.72. The number of hydrogen-bond acceptors (Lipinski definition) is 7. The Labute approximate surface area is 234 Å². The highest BCUT2D eigenvalue weighted by Gasteiger charge is 2.40. The second-order valence-electron chi connectivity index (χ2n) is 11.9. The third kappa shape index (κ3) is 7.12. The van der Waals surface area contributed by atoms with Gasteiger partial charge in [-0.1, -0.05) is 19.9 Å². The van der Waals surface area contributed by atoms with Crippen LogP contribution in [0.2, 0.25) is 0 Å². The van der Waals surface area contributed by atoms with Crippen LogP contribution in [0.25, 0.3) is 11.4 Å². The zero-order valence-corrected chi connectivity index (χ0v) is 23.8. The van der Waals surface area contributed by atoms with Crippen LogP contribution in [-0.2, 0) is 4.74 Å². The van der Waals surface area contributed by atoms with Gasteiger partial charge >= 0.3 is 6.09 Å². The van der Waals surface area contributed by atoms with Gasteiger partial charge in [0, 0.05) is 43.1 Å². The number of ether oxygens (including phenoxy) is 1. The smallest absolute Gasteiger partial charge is 0.410 e. The Bertz CT molecular complexity index is 1230. The molecule has 10 nitrogen and oxygen atoms in total. The van der Waals surface area contributed by atoms with Crippen LogP contribution in [0.15, 0.2) is 30.6 Å². The molecule has 2 fully saturated rings. The number of piperidine rings is 1. The molecule has 2 heterocycles. The van der Waals surface area contributed by atoms with Gasteiger partial charge in [-0.05, 0) is 64.5 Å². The molecule has 40 heavy (non-hydrogen) atoms. The van der Waals surface area contributed by atoms with Crippen molar-refractivity contribution < 1.29 is 28.7 Å². The molecule has 1 aromatic carbocycles. The minimum Gasteiger partial charge on any atom is -0.444 e. The van der Waals surface area contributed by atoms with E-state index < -0.39 is 17.3 Å². The van der Waals surface area contributed by atoms with E-state index in [2.05, 4.69) is 9.97 Å². The van der Waals surface area contributed by atoms with Crippen molar-refractivity contribution in [3.8, 4) is 11.4 Å². The summed E-state index contributed by atoms with van der Waals surface area (Å²) in [6, 6.07) is 4.09. The van der Waals surface area contributed by atoms with Gasteiger partial charge in [0.1, 0.15) is 11.4 Å².